The van der Waals surface area contributed by atoms with Gasteiger partial charge in [0.2, 0.25) is 0 Å². The van der Waals surface area contributed by atoms with Gasteiger partial charge in [0.15, 0.2) is 0 Å². The lowest BCUT2D eigenvalue weighted by Crippen LogP contribution is -2.13. The summed E-state index contributed by atoms with van der Waals surface area (Å²) in [6.45, 7) is 8.92. The summed E-state index contributed by atoms with van der Waals surface area (Å²) in [5.74, 6) is 0. The normalized spacial score (nSPS) is 11.2. The summed E-state index contributed by atoms with van der Waals surface area (Å²) in [6, 6.07) is 0. The molecule has 0 amide bonds. The molecule has 0 aromatic rings. The highest BCUT2D eigenvalue weighted by Crippen LogP contribution is 2.04. The van der Waals surface area contributed by atoms with Gasteiger partial charge in [0.25, 0.3) is 0 Å². The molecule has 0 saturated carbocycles. The lowest BCUT2D eigenvalue weighted by Gasteiger charge is -2.07. The summed E-state index contributed by atoms with van der Waals surface area (Å²) in [7, 11) is 0. The Bertz CT molecular complexity index is 198. The van der Waals surface area contributed by atoms with Crippen LogP contribution in [0.4, 0.5) is 0 Å². The second kappa shape index (κ2) is 23.5. The summed E-state index contributed by atoms with van der Waals surface area (Å²) in [5.41, 5.74) is 0. The van der Waals surface area contributed by atoms with Gasteiger partial charge in [0.05, 0.1) is 59.5 Å². The fourth-order valence-electron chi connectivity index (χ4n) is 2.02. The van der Waals surface area contributed by atoms with Gasteiger partial charge >= 0.3 is 0 Å². The minimum atomic E-state index is 0.601. The van der Waals surface area contributed by atoms with Crippen LogP contribution in [0.1, 0.15) is 45.4 Å². The maximum Gasteiger partial charge on any atom is 0.0701 e. The highest BCUT2D eigenvalue weighted by atomic mass is 127. The van der Waals surface area contributed by atoms with E-state index in [1.807, 2.05) is 0 Å². The first-order chi connectivity index (χ1) is 11.9. The lowest BCUT2D eigenvalue weighted by atomic mass is 10.1. The Kier molecular flexibility index (Phi) is 24.0. The molecule has 0 aromatic heterocycles. The number of hydrogen-bond acceptors (Lipinski definition) is 5. The number of ether oxygens (including phenoxy) is 5. The van der Waals surface area contributed by atoms with Gasteiger partial charge in [0, 0.05) is 11.0 Å². The Hall–Kier alpha value is 0.530. The van der Waals surface area contributed by atoms with Gasteiger partial charge in [-0.15, -0.1) is 0 Å². The van der Waals surface area contributed by atoms with Gasteiger partial charge < -0.3 is 23.7 Å². The van der Waals surface area contributed by atoms with Gasteiger partial charge in [0.1, 0.15) is 0 Å². The van der Waals surface area contributed by atoms with Crippen molar-refractivity contribution in [1.29, 1.82) is 0 Å². The third kappa shape index (κ3) is 22.5. The van der Waals surface area contributed by atoms with Crippen molar-refractivity contribution in [2.75, 3.05) is 70.5 Å². The number of alkyl halides is 1. The van der Waals surface area contributed by atoms with Crippen LogP contribution in [-0.4, -0.2) is 70.5 Å². The Balaban J connectivity index is 2.93. The summed E-state index contributed by atoms with van der Waals surface area (Å²) in [6.07, 6.45) is 7.79. The Morgan fingerprint density at radius 3 is 1.29 bits per heavy atom. The molecule has 0 aliphatic heterocycles. The van der Waals surface area contributed by atoms with Crippen LogP contribution in [0, 0.1) is 0 Å². The number of rotatable bonds is 21. The predicted octanol–water partition coefficient (Wildman–Crippen LogP) is 3.86. The fourth-order valence-corrected chi connectivity index (χ4v) is 2.33. The van der Waals surface area contributed by atoms with Crippen LogP contribution in [-0.2, 0) is 23.7 Å². The largest absolute Gasteiger partial charge is 0.379 e. The zero-order valence-corrected chi connectivity index (χ0v) is 17.6. The van der Waals surface area contributed by atoms with Crippen LogP contribution < -0.4 is 0 Å². The van der Waals surface area contributed by atoms with Crippen molar-refractivity contribution in [1.82, 2.24) is 0 Å². The molecule has 0 fully saturated rings. The van der Waals surface area contributed by atoms with E-state index in [2.05, 4.69) is 29.5 Å². The first-order valence-electron chi connectivity index (χ1n) is 9.36. The Morgan fingerprint density at radius 1 is 0.458 bits per heavy atom. The summed E-state index contributed by atoms with van der Waals surface area (Å²) in [4.78, 5) is 0. The molecule has 0 saturated heterocycles. The Morgan fingerprint density at radius 2 is 0.833 bits per heavy atom. The Labute approximate surface area is 162 Å². The van der Waals surface area contributed by atoms with Crippen molar-refractivity contribution in [2.45, 2.75) is 45.4 Å². The highest BCUT2D eigenvalue weighted by Gasteiger charge is 1.94. The molecule has 0 aliphatic carbocycles. The second-order valence-electron chi connectivity index (χ2n) is 5.52. The van der Waals surface area contributed by atoms with E-state index in [0.717, 1.165) is 24.1 Å². The van der Waals surface area contributed by atoms with Crippen molar-refractivity contribution < 1.29 is 23.7 Å². The van der Waals surface area contributed by atoms with Crippen molar-refractivity contribution in [3.63, 3.8) is 0 Å². The summed E-state index contributed by atoms with van der Waals surface area (Å²) >= 11 is 2.29. The topological polar surface area (TPSA) is 46.2 Å². The third-order valence-corrected chi connectivity index (χ3v) is 3.79. The number of unbranched alkanes of at least 4 members (excludes halogenated alkanes) is 5. The van der Waals surface area contributed by atoms with E-state index in [9.17, 15) is 0 Å². The molecule has 0 N–H and O–H groups in total. The zero-order chi connectivity index (χ0) is 17.6. The maximum absolute atomic E-state index is 5.54. The molecule has 0 radical (unpaired) electrons. The molecule has 0 unspecified atom stereocenters. The van der Waals surface area contributed by atoms with E-state index in [1.165, 1.54) is 32.1 Å². The van der Waals surface area contributed by atoms with Gasteiger partial charge in [-0.2, -0.15) is 0 Å². The van der Waals surface area contributed by atoms with E-state index >= 15 is 0 Å². The molecule has 0 spiro atoms. The molecule has 0 rings (SSSR count). The van der Waals surface area contributed by atoms with E-state index in [0.29, 0.717) is 52.9 Å². The average Bonchev–Trinajstić information content (AvgIpc) is 2.60. The van der Waals surface area contributed by atoms with E-state index in [1.54, 1.807) is 0 Å². The van der Waals surface area contributed by atoms with Crippen LogP contribution in [0.15, 0.2) is 0 Å². The molecule has 0 bridgehead atoms. The standard InChI is InChI=1S/C18H37IO5/c1-2-3-4-5-6-7-9-20-11-13-22-15-17-24-18-16-23-14-12-21-10-8-19/h2-18H2,1H3. The smallest absolute Gasteiger partial charge is 0.0701 e. The summed E-state index contributed by atoms with van der Waals surface area (Å²) in [5, 5.41) is 0. The molecule has 0 heterocycles. The van der Waals surface area contributed by atoms with Gasteiger partial charge in [-0.1, -0.05) is 61.6 Å². The maximum atomic E-state index is 5.54. The SMILES string of the molecule is CCCCCCCCOCCOCCOCCOCCOCCI. The van der Waals surface area contributed by atoms with Crippen molar-refractivity contribution >= 4 is 22.6 Å². The molecule has 24 heavy (non-hydrogen) atoms. The van der Waals surface area contributed by atoms with E-state index in [4.69, 9.17) is 23.7 Å². The van der Waals surface area contributed by atoms with Gasteiger partial charge in [-0.3, -0.25) is 0 Å². The number of hydrogen-bond donors (Lipinski definition) is 0. The van der Waals surface area contributed by atoms with Gasteiger partial charge in [-0.25, -0.2) is 0 Å². The minimum absolute atomic E-state index is 0.601. The van der Waals surface area contributed by atoms with Crippen molar-refractivity contribution in [2.24, 2.45) is 0 Å². The molecule has 6 heteroatoms. The monoisotopic (exact) mass is 460 g/mol. The average molecular weight is 460 g/mol. The van der Waals surface area contributed by atoms with Crippen LogP contribution in [0.5, 0.6) is 0 Å². The summed E-state index contributed by atoms with van der Waals surface area (Å²) < 4.78 is 28.1. The molecule has 5 nitrogen and oxygen atoms in total. The van der Waals surface area contributed by atoms with Crippen LogP contribution in [0.2, 0.25) is 0 Å². The number of halogens is 1. The van der Waals surface area contributed by atoms with Crippen LogP contribution >= 0.6 is 22.6 Å². The van der Waals surface area contributed by atoms with E-state index in [-0.39, 0.29) is 0 Å². The fraction of sp³-hybridized carbons (Fsp3) is 1.00. The van der Waals surface area contributed by atoms with E-state index < -0.39 is 0 Å². The van der Waals surface area contributed by atoms with Crippen LogP contribution in [0.25, 0.3) is 0 Å². The predicted molar refractivity (Wildman–Crippen MR) is 106 cm³/mol. The zero-order valence-electron chi connectivity index (χ0n) is 15.4. The van der Waals surface area contributed by atoms with Gasteiger partial charge in [-0.05, 0) is 6.42 Å². The lowest BCUT2D eigenvalue weighted by molar-refractivity contribution is -0.0102. The third-order valence-electron chi connectivity index (χ3n) is 3.35. The van der Waals surface area contributed by atoms with Crippen molar-refractivity contribution in [3.05, 3.63) is 0 Å². The first-order valence-corrected chi connectivity index (χ1v) is 10.9. The highest BCUT2D eigenvalue weighted by molar-refractivity contribution is 14.1. The molecule has 0 aromatic carbocycles. The molecular formula is C18H37IO5. The molecule has 146 valence electrons. The van der Waals surface area contributed by atoms with Crippen molar-refractivity contribution in [3.8, 4) is 0 Å². The minimum Gasteiger partial charge on any atom is -0.379 e. The molecule has 0 atom stereocenters. The molecule has 0 aliphatic rings. The van der Waals surface area contributed by atoms with Crippen LogP contribution in [0.3, 0.4) is 0 Å². The second-order valence-corrected chi connectivity index (χ2v) is 6.60. The first kappa shape index (κ1) is 24.5. The quantitative estimate of drug-likeness (QED) is 0.148. The molecular weight excluding hydrogens is 423 g/mol.